The first-order valence-corrected chi connectivity index (χ1v) is 7.05. The fourth-order valence-electron chi connectivity index (χ4n) is 2.22. The highest BCUT2D eigenvalue weighted by molar-refractivity contribution is 6.33. The smallest absolute Gasteiger partial charge is 0.0642 e. The highest BCUT2D eigenvalue weighted by atomic mass is 35.5. The molecule has 0 aliphatic carbocycles. The van der Waals surface area contributed by atoms with Crippen LogP contribution in [0.1, 0.15) is 33.3 Å². The summed E-state index contributed by atoms with van der Waals surface area (Å²) in [6.45, 7) is 11.5. The number of anilines is 1. The van der Waals surface area contributed by atoms with Crippen LogP contribution in [0.15, 0.2) is 18.2 Å². The van der Waals surface area contributed by atoms with Crippen LogP contribution in [0.2, 0.25) is 5.02 Å². The van der Waals surface area contributed by atoms with Crippen molar-refractivity contribution in [1.29, 1.82) is 0 Å². The molecule has 1 aromatic carbocycles. The number of nitrogens with two attached hydrogens (primary N) is 1. The van der Waals surface area contributed by atoms with Crippen LogP contribution in [0, 0.1) is 11.8 Å². The minimum Gasteiger partial charge on any atom is -0.370 e. The molecule has 3 heteroatoms. The highest BCUT2D eigenvalue weighted by Crippen LogP contribution is 2.31. The first kappa shape index (κ1) is 15.3. The molecule has 0 aliphatic rings. The number of hydrogen-bond donors (Lipinski definition) is 1. The van der Waals surface area contributed by atoms with E-state index in [-0.39, 0.29) is 0 Å². The SMILES string of the molecule is CC(C)CN(CC(C)C)c1c(Cl)cccc1CN. The summed E-state index contributed by atoms with van der Waals surface area (Å²) in [5, 5.41) is 0.805. The minimum atomic E-state index is 0.530. The summed E-state index contributed by atoms with van der Waals surface area (Å²) in [6.07, 6.45) is 0. The summed E-state index contributed by atoms with van der Waals surface area (Å²) < 4.78 is 0. The second-order valence-corrected chi connectivity index (χ2v) is 6.05. The topological polar surface area (TPSA) is 29.3 Å². The fourth-order valence-corrected chi connectivity index (χ4v) is 2.53. The predicted octanol–water partition coefficient (Wildman–Crippen LogP) is 3.92. The maximum atomic E-state index is 6.37. The van der Waals surface area contributed by atoms with E-state index in [2.05, 4.69) is 38.7 Å². The standard InChI is InChI=1S/C15H25ClN2/c1-11(2)9-18(10-12(3)4)15-13(8-17)6-5-7-14(15)16/h5-7,11-12H,8-10,17H2,1-4H3. The Labute approximate surface area is 116 Å². The van der Waals surface area contributed by atoms with Gasteiger partial charge in [-0.15, -0.1) is 0 Å². The molecule has 1 rings (SSSR count). The Morgan fingerprint density at radius 2 is 1.67 bits per heavy atom. The van der Waals surface area contributed by atoms with E-state index in [1.165, 1.54) is 0 Å². The number of rotatable bonds is 6. The fraction of sp³-hybridized carbons (Fsp3) is 0.600. The molecule has 0 fully saturated rings. The van der Waals surface area contributed by atoms with Gasteiger partial charge in [-0.25, -0.2) is 0 Å². The molecule has 2 nitrogen and oxygen atoms in total. The van der Waals surface area contributed by atoms with E-state index in [1.807, 2.05) is 12.1 Å². The Kier molecular flexibility index (Phi) is 5.97. The van der Waals surface area contributed by atoms with E-state index in [1.54, 1.807) is 0 Å². The third kappa shape index (κ3) is 4.18. The number of benzene rings is 1. The van der Waals surface area contributed by atoms with Gasteiger partial charge in [0.1, 0.15) is 0 Å². The zero-order valence-electron chi connectivity index (χ0n) is 11.9. The first-order valence-electron chi connectivity index (χ1n) is 6.68. The molecule has 0 aliphatic heterocycles. The van der Waals surface area contributed by atoms with E-state index in [4.69, 9.17) is 17.3 Å². The normalized spacial score (nSPS) is 11.3. The van der Waals surface area contributed by atoms with Gasteiger partial charge >= 0.3 is 0 Å². The zero-order valence-corrected chi connectivity index (χ0v) is 12.7. The van der Waals surface area contributed by atoms with Gasteiger partial charge in [-0.3, -0.25) is 0 Å². The lowest BCUT2D eigenvalue weighted by molar-refractivity contribution is 0.551. The Morgan fingerprint density at radius 3 is 2.11 bits per heavy atom. The van der Waals surface area contributed by atoms with Crippen LogP contribution in [0.4, 0.5) is 5.69 Å². The van der Waals surface area contributed by atoms with Crippen LogP contribution in [-0.2, 0) is 6.54 Å². The van der Waals surface area contributed by atoms with Crippen molar-refractivity contribution in [2.24, 2.45) is 17.6 Å². The van der Waals surface area contributed by atoms with Crippen molar-refractivity contribution in [3.8, 4) is 0 Å². The Bertz CT molecular complexity index is 365. The van der Waals surface area contributed by atoms with Gasteiger partial charge in [-0.05, 0) is 23.5 Å². The molecule has 0 spiro atoms. The lowest BCUT2D eigenvalue weighted by atomic mass is 10.1. The largest absolute Gasteiger partial charge is 0.370 e. The van der Waals surface area contributed by atoms with Gasteiger partial charge in [0.25, 0.3) is 0 Å². The second kappa shape index (κ2) is 7.01. The van der Waals surface area contributed by atoms with Crippen molar-refractivity contribution >= 4 is 17.3 Å². The van der Waals surface area contributed by atoms with Gasteiger partial charge in [0.15, 0.2) is 0 Å². The Balaban J connectivity index is 3.10. The van der Waals surface area contributed by atoms with Crippen LogP contribution in [-0.4, -0.2) is 13.1 Å². The molecule has 0 saturated heterocycles. The molecular weight excluding hydrogens is 244 g/mol. The molecule has 0 atom stereocenters. The number of para-hydroxylation sites is 1. The van der Waals surface area contributed by atoms with Crippen molar-refractivity contribution in [2.75, 3.05) is 18.0 Å². The summed E-state index contributed by atoms with van der Waals surface area (Å²) in [5.74, 6) is 1.20. The van der Waals surface area contributed by atoms with Crippen molar-refractivity contribution < 1.29 is 0 Å². The van der Waals surface area contributed by atoms with Crippen LogP contribution in [0.5, 0.6) is 0 Å². The molecular formula is C15H25ClN2. The second-order valence-electron chi connectivity index (χ2n) is 5.64. The summed E-state index contributed by atoms with van der Waals surface area (Å²) in [6, 6.07) is 5.98. The van der Waals surface area contributed by atoms with Gasteiger partial charge in [0.05, 0.1) is 10.7 Å². The molecule has 102 valence electrons. The third-order valence-electron chi connectivity index (χ3n) is 2.78. The molecule has 2 N–H and O–H groups in total. The van der Waals surface area contributed by atoms with Crippen LogP contribution in [0.3, 0.4) is 0 Å². The lowest BCUT2D eigenvalue weighted by Gasteiger charge is -2.31. The average Bonchev–Trinajstić information content (AvgIpc) is 2.26. The maximum absolute atomic E-state index is 6.37. The highest BCUT2D eigenvalue weighted by Gasteiger charge is 2.16. The molecule has 0 radical (unpaired) electrons. The van der Waals surface area contributed by atoms with Gasteiger partial charge in [-0.2, -0.15) is 0 Å². The average molecular weight is 269 g/mol. The van der Waals surface area contributed by atoms with Gasteiger partial charge < -0.3 is 10.6 Å². The molecule has 1 aromatic rings. The van der Waals surface area contributed by atoms with Gasteiger partial charge in [0.2, 0.25) is 0 Å². The van der Waals surface area contributed by atoms with Crippen molar-refractivity contribution in [3.63, 3.8) is 0 Å². The van der Waals surface area contributed by atoms with E-state index in [0.29, 0.717) is 18.4 Å². The summed E-state index contributed by atoms with van der Waals surface area (Å²) in [7, 11) is 0. The minimum absolute atomic E-state index is 0.530. The first-order chi connectivity index (χ1) is 8.45. The van der Waals surface area contributed by atoms with E-state index < -0.39 is 0 Å². The Morgan fingerprint density at radius 1 is 1.11 bits per heavy atom. The number of nitrogens with zero attached hydrogens (tertiary/aromatic N) is 1. The molecule has 18 heavy (non-hydrogen) atoms. The van der Waals surface area contributed by atoms with Crippen LogP contribution < -0.4 is 10.6 Å². The zero-order chi connectivity index (χ0) is 13.7. The predicted molar refractivity (Wildman–Crippen MR) is 81.2 cm³/mol. The van der Waals surface area contributed by atoms with E-state index in [0.717, 1.165) is 29.4 Å². The molecule has 0 heterocycles. The van der Waals surface area contributed by atoms with Crippen molar-refractivity contribution in [3.05, 3.63) is 28.8 Å². The van der Waals surface area contributed by atoms with Gasteiger partial charge in [-0.1, -0.05) is 51.4 Å². The molecule has 0 bridgehead atoms. The van der Waals surface area contributed by atoms with E-state index >= 15 is 0 Å². The Hall–Kier alpha value is -0.730. The molecule has 0 aromatic heterocycles. The van der Waals surface area contributed by atoms with Crippen LogP contribution >= 0.6 is 11.6 Å². The molecule has 0 saturated carbocycles. The van der Waals surface area contributed by atoms with Gasteiger partial charge in [0, 0.05) is 19.6 Å². The van der Waals surface area contributed by atoms with Crippen LogP contribution in [0.25, 0.3) is 0 Å². The summed E-state index contributed by atoms with van der Waals surface area (Å²) >= 11 is 6.37. The number of hydrogen-bond acceptors (Lipinski definition) is 2. The molecule has 0 amide bonds. The lowest BCUT2D eigenvalue weighted by Crippen LogP contribution is -2.32. The van der Waals surface area contributed by atoms with E-state index in [9.17, 15) is 0 Å². The third-order valence-corrected chi connectivity index (χ3v) is 3.08. The summed E-state index contributed by atoms with van der Waals surface area (Å²) in [4.78, 5) is 2.37. The maximum Gasteiger partial charge on any atom is 0.0642 e. The summed E-state index contributed by atoms with van der Waals surface area (Å²) in [5.41, 5.74) is 8.08. The molecule has 0 unspecified atom stereocenters. The van der Waals surface area contributed by atoms with Crippen molar-refractivity contribution in [2.45, 2.75) is 34.2 Å². The number of halogens is 1. The monoisotopic (exact) mass is 268 g/mol. The quantitative estimate of drug-likeness (QED) is 0.847. The van der Waals surface area contributed by atoms with Crippen molar-refractivity contribution in [1.82, 2.24) is 0 Å².